The van der Waals surface area contributed by atoms with Gasteiger partial charge in [-0.15, -0.1) is 10.2 Å². The maximum atomic E-state index is 12.0. The molecule has 3 aromatic rings. The summed E-state index contributed by atoms with van der Waals surface area (Å²) in [7, 11) is 0. The molecule has 1 unspecified atom stereocenters. The van der Waals surface area contributed by atoms with Crippen molar-refractivity contribution in [2.24, 2.45) is 0 Å². The fraction of sp³-hybridized carbons (Fsp3) is 0.211. The Kier molecular flexibility index (Phi) is 6.05. The van der Waals surface area contributed by atoms with Gasteiger partial charge in [0.25, 0.3) is 5.69 Å². The molecule has 28 heavy (non-hydrogen) atoms. The number of nitrogens with zero attached hydrogens (tertiary/aromatic N) is 4. The molecule has 0 aliphatic rings. The van der Waals surface area contributed by atoms with Crippen LogP contribution in [0, 0.1) is 10.1 Å². The van der Waals surface area contributed by atoms with E-state index in [0.717, 1.165) is 5.69 Å². The van der Waals surface area contributed by atoms with Crippen LogP contribution < -0.4 is 0 Å². The van der Waals surface area contributed by atoms with Crippen LogP contribution in [0.4, 0.5) is 5.69 Å². The second kappa shape index (κ2) is 8.66. The molecule has 0 bridgehead atoms. The Balaban J connectivity index is 2.02. The first kappa shape index (κ1) is 19.6. The van der Waals surface area contributed by atoms with Gasteiger partial charge in [0.1, 0.15) is 5.25 Å². The summed E-state index contributed by atoms with van der Waals surface area (Å²) in [6, 6.07) is 15.6. The highest BCUT2D eigenvalue weighted by atomic mass is 32.2. The van der Waals surface area contributed by atoms with Crippen LogP contribution in [0.25, 0.3) is 17.1 Å². The zero-order valence-electron chi connectivity index (χ0n) is 15.3. The Morgan fingerprint density at radius 1 is 1.18 bits per heavy atom. The minimum absolute atomic E-state index is 0.0000539. The molecule has 0 amide bonds. The minimum Gasteiger partial charge on any atom is -0.465 e. The Labute approximate surface area is 165 Å². The first-order valence-corrected chi connectivity index (χ1v) is 9.48. The summed E-state index contributed by atoms with van der Waals surface area (Å²) in [6.07, 6.45) is 0. The summed E-state index contributed by atoms with van der Waals surface area (Å²) in [5.41, 5.74) is 1.50. The molecule has 0 saturated carbocycles. The van der Waals surface area contributed by atoms with Gasteiger partial charge >= 0.3 is 5.97 Å². The third kappa shape index (κ3) is 4.20. The Bertz CT molecular complexity index is 973. The molecule has 0 spiro atoms. The van der Waals surface area contributed by atoms with Crippen molar-refractivity contribution >= 4 is 23.4 Å². The summed E-state index contributed by atoms with van der Waals surface area (Å²) >= 11 is 1.24. The Hall–Kier alpha value is -3.20. The summed E-state index contributed by atoms with van der Waals surface area (Å²) in [4.78, 5) is 22.5. The molecule has 1 atom stereocenters. The van der Waals surface area contributed by atoms with Crippen LogP contribution in [-0.2, 0) is 9.53 Å². The fourth-order valence-corrected chi connectivity index (χ4v) is 3.41. The van der Waals surface area contributed by atoms with Gasteiger partial charge in [0.2, 0.25) is 0 Å². The number of hydrogen-bond acceptors (Lipinski definition) is 7. The maximum Gasteiger partial charge on any atom is 0.319 e. The molecule has 1 aromatic heterocycles. The number of para-hydroxylation sites is 1. The maximum absolute atomic E-state index is 12.0. The Morgan fingerprint density at radius 2 is 1.86 bits per heavy atom. The average Bonchev–Trinajstić information content (AvgIpc) is 3.12. The van der Waals surface area contributed by atoms with Crippen LogP contribution in [0.5, 0.6) is 0 Å². The molecular weight excluding hydrogens is 380 g/mol. The van der Waals surface area contributed by atoms with Gasteiger partial charge in [0.15, 0.2) is 11.0 Å². The Morgan fingerprint density at radius 3 is 2.46 bits per heavy atom. The molecule has 0 fully saturated rings. The molecule has 0 saturated heterocycles. The van der Waals surface area contributed by atoms with Crippen molar-refractivity contribution in [3.8, 4) is 17.1 Å². The van der Waals surface area contributed by atoms with E-state index in [1.165, 1.54) is 23.9 Å². The topological polar surface area (TPSA) is 100 Å². The number of thioether (sulfide) groups is 1. The second-order valence-electron chi connectivity index (χ2n) is 5.79. The molecule has 0 aliphatic carbocycles. The monoisotopic (exact) mass is 398 g/mol. The zero-order valence-corrected chi connectivity index (χ0v) is 16.1. The minimum atomic E-state index is -0.462. The molecule has 1 heterocycles. The largest absolute Gasteiger partial charge is 0.465 e. The summed E-state index contributed by atoms with van der Waals surface area (Å²) < 4.78 is 6.89. The third-order valence-electron chi connectivity index (χ3n) is 3.88. The van der Waals surface area contributed by atoms with E-state index in [-0.39, 0.29) is 11.7 Å². The second-order valence-corrected chi connectivity index (χ2v) is 7.10. The number of benzene rings is 2. The van der Waals surface area contributed by atoms with Crippen LogP contribution in [0.2, 0.25) is 0 Å². The normalized spacial score (nSPS) is 11.8. The van der Waals surface area contributed by atoms with Gasteiger partial charge < -0.3 is 4.74 Å². The average molecular weight is 398 g/mol. The number of esters is 1. The number of aromatic nitrogens is 3. The quantitative estimate of drug-likeness (QED) is 0.258. The number of ether oxygens (including phenoxy) is 1. The molecule has 144 valence electrons. The molecule has 0 radical (unpaired) electrons. The van der Waals surface area contributed by atoms with Crippen molar-refractivity contribution in [2.75, 3.05) is 6.61 Å². The zero-order chi connectivity index (χ0) is 20.1. The number of nitro groups is 1. The number of rotatable bonds is 7. The predicted molar refractivity (Wildman–Crippen MR) is 105 cm³/mol. The van der Waals surface area contributed by atoms with E-state index < -0.39 is 10.2 Å². The highest BCUT2D eigenvalue weighted by Gasteiger charge is 2.22. The first-order chi connectivity index (χ1) is 13.5. The van der Waals surface area contributed by atoms with Gasteiger partial charge in [-0.2, -0.15) is 0 Å². The fourth-order valence-electron chi connectivity index (χ4n) is 2.54. The summed E-state index contributed by atoms with van der Waals surface area (Å²) in [6.45, 7) is 3.82. The molecular formula is C19H18N4O4S. The van der Waals surface area contributed by atoms with Crippen LogP contribution >= 0.6 is 11.8 Å². The van der Waals surface area contributed by atoms with Crippen LogP contribution in [0.3, 0.4) is 0 Å². The van der Waals surface area contributed by atoms with Crippen molar-refractivity contribution in [1.82, 2.24) is 14.8 Å². The standard InChI is InChI=1S/C19H18N4O4S/c1-3-27-18(24)13(2)28-19-21-20-17(22(19)15-7-5-4-6-8-15)14-9-11-16(12-10-14)23(25)26/h4-13H,3H2,1-2H3. The number of carbonyl (C=O) groups is 1. The highest BCUT2D eigenvalue weighted by Crippen LogP contribution is 2.31. The lowest BCUT2D eigenvalue weighted by Crippen LogP contribution is -2.17. The lowest BCUT2D eigenvalue weighted by Gasteiger charge is -2.13. The van der Waals surface area contributed by atoms with Gasteiger partial charge in [-0.05, 0) is 38.1 Å². The van der Waals surface area contributed by atoms with Crippen LogP contribution in [-0.4, -0.2) is 37.5 Å². The lowest BCUT2D eigenvalue weighted by atomic mass is 10.2. The van der Waals surface area contributed by atoms with E-state index in [2.05, 4.69) is 10.2 Å². The van der Waals surface area contributed by atoms with E-state index in [4.69, 9.17) is 4.74 Å². The van der Waals surface area contributed by atoms with Gasteiger partial charge in [0, 0.05) is 23.4 Å². The van der Waals surface area contributed by atoms with E-state index in [0.29, 0.717) is 23.2 Å². The number of hydrogen-bond donors (Lipinski definition) is 0. The summed E-state index contributed by atoms with van der Waals surface area (Å²) in [5, 5.41) is 19.5. The van der Waals surface area contributed by atoms with E-state index in [1.54, 1.807) is 26.0 Å². The van der Waals surface area contributed by atoms with Crippen LogP contribution in [0.15, 0.2) is 59.8 Å². The number of carbonyl (C=O) groups excluding carboxylic acids is 1. The SMILES string of the molecule is CCOC(=O)C(C)Sc1nnc(-c2ccc([N+](=O)[O-])cc2)n1-c1ccccc1. The van der Waals surface area contributed by atoms with Crippen molar-refractivity contribution in [2.45, 2.75) is 24.3 Å². The van der Waals surface area contributed by atoms with Crippen molar-refractivity contribution in [3.05, 3.63) is 64.7 Å². The first-order valence-electron chi connectivity index (χ1n) is 8.60. The van der Waals surface area contributed by atoms with Crippen molar-refractivity contribution in [3.63, 3.8) is 0 Å². The molecule has 0 aliphatic heterocycles. The third-order valence-corrected chi connectivity index (χ3v) is 4.91. The molecule has 2 aromatic carbocycles. The molecule has 8 nitrogen and oxygen atoms in total. The van der Waals surface area contributed by atoms with Gasteiger partial charge in [-0.1, -0.05) is 30.0 Å². The highest BCUT2D eigenvalue weighted by molar-refractivity contribution is 8.00. The molecule has 3 rings (SSSR count). The van der Waals surface area contributed by atoms with Crippen LogP contribution in [0.1, 0.15) is 13.8 Å². The molecule has 9 heteroatoms. The van der Waals surface area contributed by atoms with Crippen molar-refractivity contribution < 1.29 is 14.5 Å². The van der Waals surface area contributed by atoms with E-state index >= 15 is 0 Å². The van der Waals surface area contributed by atoms with Gasteiger partial charge in [0.05, 0.1) is 11.5 Å². The van der Waals surface area contributed by atoms with Gasteiger partial charge in [-0.3, -0.25) is 19.5 Å². The summed E-state index contributed by atoms with van der Waals surface area (Å²) in [5.74, 6) is 0.201. The van der Waals surface area contributed by atoms with E-state index in [9.17, 15) is 14.9 Å². The smallest absolute Gasteiger partial charge is 0.319 e. The number of nitro benzene ring substituents is 1. The van der Waals surface area contributed by atoms with Gasteiger partial charge in [-0.25, -0.2) is 0 Å². The molecule has 0 N–H and O–H groups in total. The lowest BCUT2D eigenvalue weighted by molar-refractivity contribution is -0.384. The van der Waals surface area contributed by atoms with E-state index in [1.807, 2.05) is 34.9 Å². The number of non-ortho nitro benzene ring substituents is 1. The van der Waals surface area contributed by atoms with Crippen molar-refractivity contribution in [1.29, 1.82) is 0 Å². The predicted octanol–water partition coefficient (Wildman–Crippen LogP) is 3.89.